The molecule has 0 fully saturated rings. The number of carbonyl (C=O) groups is 1. The number of aryl methyl sites for hydroxylation is 3. The van der Waals surface area contributed by atoms with Gasteiger partial charge in [-0.15, -0.1) is 0 Å². The molecular weight excluding hydrogens is 262 g/mol. The van der Waals surface area contributed by atoms with Gasteiger partial charge in [-0.2, -0.15) is 5.10 Å². The molecule has 0 spiro atoms. The van der Waals surface area contributed by atoms with Gasteiger partial charge in [0.15, 0.2) is 5.82 Å². The van der Waals surface area contributed by atoms with Crippen molar-refractivity contribution in [3.05, 3.63) is 46.6 Å². The summed E-state index contributed by atoms with van der Waals surface area (Å²) in [5, 5.41) is 9.94. The maximum absolute atomic E-state index is 12.3. The number of carbonyl (C=O) groups excluding carboxylic acids is 1. The molecule has 4 heteroatoms. The van der Waals surface area contributed by atoms with Crippen molar-refractivity contribution in [2.24, 2.45) is 0 Å². The summed E-state index contributed by atoms with van der Waals surface area (Å²) in [6, 6.07) is 7.94. The molecule has 1 aliphatic carbocycles. The first-order valence-electron chi connectivity index (χ1n) is 7.73. The van der Waals surface area contributed by atoms with E-state index in [0.29, 0.717) is 5.82 Å². The molecule has 4 nitrogen and oxygen atoms in total. The average Bonchev–Trinajstić information content (AvgIpc) is 2.94. The summed E-state index contributed by atoms with van der Waals surface area (Å²) in [7, 11) is 0. The van der Waals surface area contributed by atoms with Crippen LogP contribution in [0.5, 0.6) is 0 Å². The Balaban J connectivity index is 1.72. The Labute approximate surface area is 125 Å². The van der Waals surface area contributed by atoms with Crippen LogP contribution in [0.2, 0.25) is 0 Å². The maximum Gasteiger partial charge on any atom is 0.256 e. The second kappa shape index (κ2) is 6.12. The van der Waals surface area contributed by atoms with Crippen LogP contribution in [0.1, 0.15) is 53.4 Å². The molecule has 2 N–H and O–H groups in total. The highest BCUT2D eigenvalue weighted by Gasteiger charge is 2.13. The van der Waals surface area contributed by atoms with Crippen LogP contribution in [0.25, 0.3) is 0 Å². The van der Waals surface area contributed by atoms with Gasteiger partial charge in [-0.25, -0.2) is 0 Å². The molecule has 1 aliphatic rings. The lowest BCUT2D eigenvalue weighted by atomic mass is 9.90. The Bertz CT molecular complexity index is 645. The number of aromatic nitrogens is 2. The second-order valence-corrected chi connectivity index (χ2v) is 5.67. The molecule has 0 bridgehead atoms. The number of nitrogens with zero attached hydrogens (tertiary/aromatic N) is 1. The first-order valence-corrected chi connectivity index (χ1v) is 7.73. The van der Waals surface area contributed by atoms with E-state index in [0.717, 1.165) is 36.9 Å². The summed E-state index contributed by atoms with van der Waals surface area (Å²) in [4.78, 5) is 12.3. The minimum absolute atomic E-state index is 0.0853. The topological polar surface area (TPSA) is 57.8 Å². The van der Waals surface area contributed by atoms with Crippen LogP contribution in [0.15, 0.2) is 24.3 Å². The van der Waals surface area contributed by atoms with E-state index in [1.54, 1.807) is 0 Å². The van der Waals surface area contributed by atoms with Gasteiger partial charge in [0.1, 0.15) is 0 Å². The van der Waals surface area contributed by atoms with E-state index < -0.39 is 0 Å². The standard InChI is InChI=1S/C17H21N3O/c1-2-5-15-11-16(20-19-15)18-17(21)14-9-8-12-6-3-4-7-13(12)10-14/h8-11H,2-7H2,1H3,(H2,18,19,20,21). The zero-order chi connectivity index (χ0) is 14.7. The van der Waals surface area contributed by atoms with E-state index in [-0.39, 0.29) is 5.91 Å². The number of fused-ring (bicyclic) bond motifs is 1. The number of anilines is 1. The third kappa shape index (κ3) is 3.15. The van der Waals surface area contributed by atoms with Crippen molar-refractivity contribution in [1.29, 1.82) is 0 Å². The van der Waals surface area contributed by atoms with Crippen LogP contribution in [-0.2, 0) is 19.3 Å². The summed E-state index contributed by atoms with van der Waals surface area (Å²) in [6.07, 6.45) is 6.70. The fourth-order valence-corrected chi connectivity index (χ4v) is 2.89. The Morgan fingerprint density at radius 2 is 2.05 bits per heavy atom. The van der Waals surface area contributed by atoms with Gasteiger partial charge in [0.25, 0.3) is 5.91 Å². The highest BCUT2D eigenvalue weighted by Crippen LogP contribution is 2.22. The van der Waals surface area contributed by atoms with E-state index in [1.165, 1.54) is 24.0 Å². The third-order valence-corrected chi connectivity index (χ3v) is 4.00. The Kier molecular flexibility index (Phi) is 4.04. The fourth-order valence-electron chi connectivity index (χ4n) is 2.89. The summed E-state index contributed by atoms with van der Waals surface area (Å²) in [6.45, 7) is 2.12. The molecule has 21 heavy (non-hydrogen) atoms. The molecule has 1 heterocycles. The first kappa shape index (κ1) is 13.9. The number of H-pyrrole nitrogens is 1. The minimum atomic E-state index is -0.0853. The molecule has 0 aliphatic heterocycles. The molecule has 1 aromatic heterocycles. The number of nitrogens with one attached hydrogen (secondary N) is 2. The van der Waals surface area contributed by atoms with Gasteiger partial charge in [0.05, 0.1) is 0 Å². The van der Waals surface area contributed by atoms with Gasteiger partial charge in [0, 0.05) is 17.3 Å². The Morgan fingerprint density at radius 1 is 1.24 bits per heavy atom. The van der Waals surface area contributed by atoms with E-state index >= 15 is 0 Å². The fraction of sp³-hybridized carbons (Fsp3) is 0.412. The molecular formula is C17H21N3O. The lowest BCUT2D eigenvalue weighted by Crippen LogP contribution is -2.13. The molecule has 0 atom stereocenters. The van der Waals surface area contributed by atoms with Crippen LogP contribution in [0.3, 0.4) is 0 Å². The predicted molar refractivity (Wildman–Crippen MR) is 83.6 cm³/mol. The molecule has 1 amide bonds. The van der Waals surface area contributed by atoms with E-state index in [2.05, 4.69) is 28.5 Å². The van der Waals surface area contributed by atoms with Crippen LogP contribution in [0.4, 0.5) is 5.82 Å². The monoisotopic (exact) mass is 283 g/mol. The predicted octanol–water partition coefficient (Wildman–Crippen LogP) is 3.49. The first-order chi connectivity index (χ1) is 10.3. The number of rotatable bonds is 4. The largest absolute Gasteiger partial charge is 0.305 e. The third-order valence-electron chi connectivity index (χ3n) is 4.00. The van der Waals surface area contributed by atoms with Crippen molar-refractivity contribution in [1.82, 2.24) is 10.2 Å². The molecule has 3 rings (SSSR count). The Morgan fingerprint density at radius 3 is 2.86 bits per heavy atom. The van der Waals surface area contributed by atoms with Gasteiger partial charge in [-0.3, -0.25) is 9.89 Å². The number of benzene rings is 1. The summed E-state index contributed by atoms with van der Waals surface area (Å²) < 4.78 is 0. The molecule has 0 unspecified atom stereocenters. The summed E-state index contributed by atoms with van der Waals surface area (Å²) >= 11 is 0. The summed E-state index contributed by atoms with van der Waals surface area (Å²) in [5.41, 5.74) is 4.49. The van der Waals surface area contributed by atoms with Gasteiger partial charge < -0.3 is 5.32 Å². The molecule has 0 saturated heterocycles. The molecule has 1 aromatic carbocycles. The number of hydrogen-bond acceptors (Lipinski definition) is 2. The molecule has 0 radical (unpaired) electrons. The van der Waals surface area contributed by atoms with Crippen LogP contribution in [0, 0.1) is 0 Å². The van der Waals surface area contributed by atoms with Crippen molar-refractivity contribution in [3.8, 4) is 0 Å². The van der Waals surface area contributed by atoms with Crippen molar-refractivity contribution >= 4 is 11.7 Å². The van der Waals surface area contributed by atoms with E-state index in [4.69, 9.17) is 0 Å². The normalized spacial score (nSPS) is 13.8. The van der Waals surface area contributed by atoms with Crippen LogP contribution < -0.4 is 5.32 Å². The van der Waals surface area contributed by atoms with E-state index in [9.17, 15) is 4.79 Å². The highest BCUT2D eigenvalue weighted by molar-refractivity contribution is 6.03. The van der Waals surface area contributed by atoms with Gasteiger partial charge >= 0.3 is 0 Å². The zero-order valence-electron chi connectivity index (χ0n) is 12.4. The molecule has 0 saturated carbocycles. The van der Waals surface area contributed by atoms with Crippen LogP contribution >= 0.6 is 0 Å². The smallest absolute Gasteiger partial charge is 0.256 e. The number of amides is 1. The van der Waals surface area contributed by atoms with Gasteiger partial charge in [0.2, 0.25) is 0 Å². The number of aromatic amines is 1. The van der Waals surface area contributed by atoms with Crippen molar-refractivity contribution in [3.63, 3.8) is 0 Å². The van der Waals surface area contributed by atoms with Crippen LogP contribution in [-0.4, -0.2) is 16.1 Å². The zero-order valence-corrected chi connectivity index (χ0v) is 12.4. The second-order valence-electron chi connectivity index (χ2n) is 5.67. The van der Waals surface area contributed by atoms with Gasteiger partial charge in [-0.05, 0) is 55.4 Å². The van der Waals surface area contributed by atoms with Gasteiger partial charge in [-0.1, -0.05) is 19.4 Å². The lowest BCUT2D eigenvalue weighted by Gasteiger charge is -2.16. The highest BCUT2D eigenvalue weighted by atomic mass is 16.1. The number of hydrogen-bond donors (Lipinski definition) is 2. The molecule has 2 aromatic rings. The quantitative estimate of drug-likeness (QED) is 0.902. The average molecular weight is 283 g/mol. The lowest BCUT2D eigenvalue weighted by molar-refractivity contribution is 0.102. The molecule has 110 valence electrons. The summed E-state index contributed by atoms with van der Waals surface area (Å²) in [5.74, 6) is 0.513. The minimum Gasteiger partial charge on any atom is -0.305 e. The van der Waals surface area contributed by atoms with E-state index in [1.807, 2.05) is 18.2 Å². The van der Waals surface area contributed by atoms with Crippen molar-refractivity contribution < 1.29 is 4.79 Å². The Hall–Kier alpha value is -2.10. The maximum atomic E-state index is 12.3. The SMILES string of the molecule is CCCc1cc(NC(=O)c2ccc3c(c2)CCCC3)n[nH]1. The van der Waals surface area contributed by atoms with Crippen molar-refractivity contribution in [2.45, 2.75) is 45.4 Å². The van der Waals surface area contributed by atoms with Crippen molar-refractivity contribution in [2.75, 3.05) is 5.32 Å².